The molecule has 0 atom stereocenters. The number of hydrogen-bond acceptors (Lipinski definition) is 2. The van der Waals surface area contributed by atoms with Gasteiger partial charge in [-0.05, 0) is 55.3 Å². The smallest absolute Gasteiger partial charge is 0.0107 e. The fourth-order valence-corrected chi connectivity index (χ4v) is 3.60. The summed E-state index contributed by atoms with van der Waals surface area (Å²) in [6.45, 7) is 6.00. The lowest BCUT2D eigenvalue weighted by Gasteiger charge is -2.27. The Labute approximate surface area is 146 Å². The largest absolute Gasteiger partial charge is 0.314 e. The highest BCUT2D eigenvalue weighted by Gasteiger charge is 2.08. The third-order valence-corrected chi connectivity index (χ3v) is 5.00. The Morgan fingerprint density at radius 3 is 2.08 bits per heavy atom. The normalized spacial score (nSPS) is 17.0. The number of nitrogens with one attached hydrogen (secondary N) is 1. The zero-order chi connectivity index (χ0) is 16.5. The monoisotopic (exact) mass is 322 g/mol. The third-order valence-electron chi connectivity index (χ3n) is 5.00. The van der Waals surface area contributed by atoms with E-state index in [1.807, 2.05) is 0 Å². The molecule has 0 aromatic heterocycles. The van der Waals surface area contributed by atoms with E-state index in [0.717, 1.165) is 13.1 Å². The molecule has 0 saturated carbocycles. The molecule has 2 aromatic carbocycles. The number of nitrogens with zero attached hydrogens (tertiary/aromatic N) is 1. The lowest BCUT2D eigenvalue weighted by Crippen LogP contribution is -2.43. The molecule has 1 aliphatic carbocycles. The second-order valence-corrected chi connectivity index (χ2v) is 6.80. The predicted molar refractivity (Wildman–Crippen MR) is 103 cm³/mol. The van der Waals surface area contributed by atoms with Crippen LogP contribution < -0.4 is 5.32 Å². The first-order valence-electron chi connectivity index (χ1n) is 9.45. The minimum Gasteiger partial charge on any atom is -0.314 e. The molecule has 2 aliphatic rings. The summed E-state index contributed by atoms with van der Waals surface area (Å²) in [6, 6.07) is 19.5. The van der Waals surface area contributed by atoms with Crippen molar-refractivity contribution in [3.8, 4) is 0 Å². The molecule has 128 valence electrons. The van der Waals surface area contributed by atoms with Crippen LogP contribution in [0.5, 0.6) is 0 Å². The quantitative estimate of drug-likeness (QED) is 0.923. The predicted octanol–water partition coefficient (Wildman–Crippen LogP) is 3.70. The summed E-state index contributed by atoms with van der Waals surface area (Å²) < 4.78 is 0. The Kier molecular flexibility index (Phi) is 6.88. The summed E-state index contributed by atoms with van der Waals surface area (Å²) >= 11 is 0. The summed E-state index contributed by atoms with van der Waals surface area (Å²) in [5.41, 5.74) is 4.60. The fraction of sp³-hybridized carbons (Fsp3) is 0.455. The summed E-state index contributed by atoms with van der Waals surface area (Å²) in [5, 5.41) is 3.38. The van der Waals surface area contributed by atoms with Crippen molar-refractivity contribution in [1.29, 1.82) is 0 Å². The zero-order valence-electron chi connectivity index (χ0n) is 14.7. The van der Waals surface area contributed by atoms with Gasteiger partial charge in [0, 0.05) is 26.2 Å². The molecule has 1 heterocycles. The van der Waals surface area contributed by atoms with E-state index in [9.17, 15) is 0 Å². The van der Waals surface area contributed by atoms with E-state index in [-0.39, 0.29) is 0 Å². The van der Waals surface area contributed by atoms with E-state index in [4.69, 9.17) is 0 Å². The van der Waals surface area contributed by atoms with E-state index < -0.39 is 0 Å². The van der Waals surface area contributed by atoms with Gasteiger partial charge in [0.2, 0.25) is 0 Å². The molecule has 1 N–H and O–H groups in total. The van der Waals surface area contributed by atoms with Gasteiger partial charge in [0.1, 0.15) is 0 Å². The van der Waals surface area contributed by atoms with Gasteiger partial charge in [0.05, 0.1) is 0 Å². The van der Waals surface area contributed by atoms with E-state index in [1.54, 1.807) is 11.1 Å². The van der Waals surface area contributed by atoms with Crippen molar-refractivity contribution >= 4 is 0 Å². The van der Waals surface area contributed by atoms with Gasteiger partial charge in [-0.25, -0.2) is 0 Å². The van der Waals surface area contributed by atoms with Gasteiger partial charge < -0.3 is 10.2 Å². The Bertz CT molecular complexity index is 565. The van der Waals surface area contributed by atoms with Crippen molar-refractivity contribution in [2.45, 2.75) is 32.1 Å². The van der Waals surface area contributed by atoms with E-state index in [0.29, 0.717) is 0 Å². The molecule has 4 rings (SSSR count). The first kappa shape index (κ1) is 17.2. The second-order valence-electron chi connectivity index (χ2n) is 6.80. The molecule has 2 nitrogen and oxygen atoms in total. The van der Waals surface area contributed by atoms with Crippen LogP contribution in [-0.2, 0) is 19.3 Å². The van der Waals surface area contributed by atoms with Crippen molar-refractivity contribution in [3.63, 3.8) is 0 Å². The van der Waals surface area contributed by atoms with Gasteiger partial charge in [-0.2, -0.15) is 0 Å². The van der Waals surface area contributed by atoms with Crippen molar-refractivity contribution in [2.24, 2.45) is 0 Å². The molecule has 1 saturated heterocycles. The molecule has 0 bridgehead atoms. The zero-order valence-corrected chi connectivity index (χ0v) is 14.7. The number of benzene rings is 2. The van der Waals surface area contributed by atoms with Crippen LogP contribution in [0, 0.1) is 0 Å². The standard InChI is InChI=1S/C13H20N2.C9H10/c1-2-5-13(6-3-1)7-4-10-15-11-8-14-9-12-15;1-2-5-9-7-3-6-8(9)4-1/h1-3,5-6,14H,4,7-12H2;1-2,4-5H,3,6-7H2. The highest BCUT2D eigenvalue weighted by molar-refractivity contribution is 5.30. The van der Waals surface area contributed by atoms with Crippen LogP contribution in [0.25, 0.3) is 0 Å². The fourth-order valence-electron chi connectivity index (χ4n) is 3.60. The summed E-state index contributed by atoms with van der Waals surface area (Å²) in [6.07, 6.45) is 6.46. The Morgan fingerprint density at radius 2 is 1.42 bits per heavy atom. The van der Waals surface area contributed by atoms with Crippen LogP contribution in [0.3, 0.4) is 0 Å². The molecule has 0 unspecified atom stereocenters. The maximum Gasteiger partial charge on any atom is 0.0107 e. The lowest BCUT2D eigenvalue weighted by atomic mass is 10.1. The molecule has 1 aliphatic heterocycles. The molecule has 0 spiro atoms. The van der Waals surface area contributed by atoms with Gasteiger partial charge in [-0.1, -0.05) is 54.6 Å². The van der Waals surface area contributed by atoms with Crippen molar-refractivity contribution in [3.05, 3.63) is 71.3 Å². The number of rotatable bonds is 4. The van der Waals surface area contributed by atoms with Crippen LogP contribution in [0.15, 0.2) is 54.6 Å². The van der Waals surface area contributed by atoms with Crippen LogP contribution in [0.2, 0.25) is 0 Å². The van der Waals surface area contributed by atoms with Crippen LogP contribution >= 0.6 is 0 Å². The second kappa shape index (κ2) is 9.61. The number of piperazine rings is 1. The molecule has 1 fully saturated rings. The van der Waals surface area contributed by atoms with Crippen molar-refractivity contribution in [2.75, 3.05) is 32.7 Å². The molecular formula is C22H30N2. The van der Waals surface area contributed by atoms with Crippen LogP contribution in [0.4, 0.5) is 0 Å². The molecule has 0 radical (unpaired) electrons. The molecule has 24 heavy (non-hydrogen) atoms. The first-order chi connectivity index (χ1) is 11.9. The van der Waals surface area contributed by atoms with Crippen molar-refractivity contribution in [1.82, 2.24) is 10.2 Å². The number of aryl methyl sites for hydroxylation is 3. The van der Waals surface area contributed by atoms with Gasteiger partial charge in [-0.15, -0.1) is 0 Å². The Morgan fingerprint density at radius 1 is 0.792 bits per heavy atom. The van der Waals surface area contributed by atoms with E-state index >= 15 is 0 Å². The highest BCUT2D eigenvalue weighted by atomic mass is 15.2. The maximum atomic E-state index is 3.38. The minimum atomic E-state index is 1.16. The third kappa shape index (κ3) is 5.47. The van der Waals surface area contributed by atoms with Crippen molar-refractivity contribution < 1.29 is 0 Å². The molecule has 2 heteroatoms. The number of fused-ring (bicyclic) bond motifs is 1. The van der Waals surface area contributed by atoms with Gasteiger partial charge in [-0.3, -0.25) is 0 Å². The minimum absolute atomic E-state index is 1.16. The molecule has 0 amide bonds. The SMILES string of the molecule is c1ccc(CCCN2CCNCC2)cc1.c1ccc2c(c1)CCC2. The van der Waals surface area contributed by atoms with E-state index in [1.165, 1.54) is 57.3 Å². The van der Waals surface area contributed by atoms with Crippen LogP contribution in [0.1, 0.15) is 29.5 Å². The summed E-state index contributed by atoms with van der Waals surface area (Å²) in [4.78, 5) is 2.56. The van der Waals surface area contributed by atoms with Gasteiger partial charge in [0.25, 0.3) is 0 Å². The topological polar surface area (TPSA) is 15.3 Å². The highest BCUT2D eigenvalue weighted by Crippen LogP contribution is 2.20. The van der Waals surface area contributed by atoms with E-state index in [2.05, 4.69) is 64.8 Å². The van der Waals surface area contributed by atoms with Gasteiger partial charge >= 0.3 is 0 Å². The summed E-state index contributed by atoms with van der Waals surface area (Å²) in [7, 11) is 0. The average molecular weight is 322 g/mol. The molecular weight excluding hydrogens is 292 g/mol. The lowest BCUT2D eigenvalue weighted by molar-refractivity contribution is 0.238. The first-order valence-corrected chi connectivity index (χ1v) is 9.45. The van der Waals surface area contributed by atoms with Gasteiger partial charge in [0.15, 0.2) is 0 Å². The molecule has 2 aromatic rings. The Balaban J connectivity index is 0.000000159. The summed E-state index contributed by atoms with van der Waals surface area (Å²) in [5.74, 6) is 0. The average Bonchev–Trinajstić information content (AvgIpc) is 3.13. The maximum absolute atomic E-state index is 3.38. The number of hydrogen-bond donors (Lipinski definition) is 1. The van der Waals surface area contributed by atoms with Crippen LogP contribution in [-0.4, -0.2) is 37.6 Å². The Hall–Kier alpha value is -1.64.